The van der Waals surface area contributed by atoms with Crippen LogP contribution in [0.5, 0.6) is 0 Å². The number of anilines is 1. The first-order chi connectivity index (χ1) is 8.69. The van der Waals surface area contributed by atoms with E-state index in [9.17, 15) is 9.59 Å². The molecule has 0 aromatic heterocycles. The number of para-hydroxylation sites is 1. The third-order valence-corrected chi connectivity index (χ3v) is 2.17. The molecule has 0 aliphatic carbocycles. The quantitative estimate of drug-likeness (QED) is 0.591. The standard InChI is InChI=1S/C13H14N2O3/c1-3-8-14-13(17)10-6-4-5-7-11(10)15-9-12(16)18-2/h1,4-7,15H,8-9H2,2H3,(H,14,17). The number of esters is 1. The summed E-state index contributed by atoms with van der Waals surface area (Å²) < 4.78 is 4.51. The minimum absolute atomic E-state index is 0.00404. The lowest BCUT2D eigenvalue weighted by molar-refractivity contribution is -0.138. The Morgan fingerprint density at radius 1 is 1.39 bits per heavy atom. The Morgan fingerprint density at radius 3 is 2.78 bits per heavy atom. The highest BCUT2D eigenvalue weighted by molar-refractivity contribution is 6.00. The monoisotopic (exact) mass is 246 g/mol. The molecule has 5 heteroatoms. The number of methoxy groups -OCH3 is 1. The van der Waals surface area contributed by atoms with E-state index < -0.39 is 5.97 Å². The van der Waals surface area contributed by atoms with Crippen molar-refractivity contribution in [3.05, 3.63) is 29.8 Å². The molecule has 0 spiro atoms. The molecule has 0 fully saturated rings. The zero-order valence-corrected chi connectivity index (χ0v) is 10.0. The van der Waals surface area contributed by atoms with Crippen molar-refractivity contribution in [3.8, 4) is 12.3 Å². The van der Waals surface area contributed by atoms with E-state index in [0.29, 0.717) is 11.3 Å². The van der Waals surface area contributed by atoms with Crippen LogP contribution in [0.4, 0.5) is 5.69 Å². The highest BCUT2D eigenvalue weighted by Gasteiger charge is 2.10. The number of nitrogens with one attached hydrogen (secondary N) is 2. The van der Waals surface area contributed by atoms with E-state index in [1.807, 2.05) is 0 Å². The zero-order valence-electron chi connectivity index (χ0n) is 10.0. The van der Waals surface area contributed by atoms with Gasteiger partial charge in [-0.3, -0.25) is 9.59 Å². The number of amides is 1. The summed E-state index contributed by atoms with van der Waals surface area (Å²) >= 11 is 0. The Kier molecular flexibility index (Phi) is 5.26. The van der Waals surface area contributed by atoms with Crippen molar-refractivity contribution >= 4 is 17.6 Å². The molecule has 18 heavy (non-hydrogen) atoms. The van der Waals surface area contributed by atoms with E-state index in [4.69, 9.17) is 6.42 Å². The average molecular weight is 246 g/mol. The Bertz CT molecular complexity index is 477. The van der Waals surface area contributed by atoms with Crippen LogP contribution in [0.15, 0.2) is 24.3 Å². The van der Waals surface area contributed by atoms with Crippen LogP contribution in [-0.2, 0) is 9.53 Å². The van der Waals surface area contributed by atoms with Crippen molar-refractivity contribution in [2.24, 2.45) is 0 Å². The van der Waals surface area contributed by atoms with Crippen LogP contribution in [0.3, 0.4) is 0 Å². The molecule has 1 rings (SSSR count). The van der Waals surface area contributed by atoms with Gasteiger partial charge in [-0.15, -0.1) is 6.42 Å². The van der Waals surface area contributed by atoms with Crippen molar-refractivity contribution in [3.63, 3.8) is 0 Å². The van der Waals surface area contributed by atoms with Crippen LogP contribution >= 0.6 is 0 Å². The molecule has 1 aromatic carbocycles. The SMILES string of the molecule is C#CCNC(=O)c1ccccc1NCC(=O)OC. The second-order valence-corrected chi connectivity index (χ2v) is 3.36. The molecule has 0 saturated heterocycles. The lowest BCUT2D eigenvalue weighted by Crippen LogP contribution is -2.25. The Labute approximate surface area is 106 Å². The van der Waals surface area contributed by atoms with Crippen molar-refractivity contribution in [2.75, 3.05) is 25.5 Å². The third-order valence-electron chi connectivity index (χ3n) is 2.17. The molecular weight excluding hydrogens is 232 g/mol. The summed E-state index contributed by atoms with van der Waals surface area (Å²) in [6.07, 6.45) is 5.07. The summed E-state index contributed by atoms with van der Waals surface area (Å²) in [6.45, 7) is 0.153. The van der Waals surface area contributed by atoms with E-state index in [1.54, 1.807) is 24.3 Å². The number of ether oxygens (including phenoxy) is 1. The van der Waals surface area contributed by atoms with Gasteiger partial charge in [-0.2, -0.15) is 0 Å². The second-order valence-electron chi connectivity index (χ2n) is 3.36. The maximum atomic E-state index is 11.8. The minimum atomic E-state index is -0.408. The van der Waals surface area contributed by atoms with Crippen molar-refractivity contribution in [1.29, 1.82) is 0 Å². The zero-order chi connectivity index (χ0) is 13.4. The van der Waals surface area contributed by atoms with Crippen molar-refractivity contribution in [1.82, 2.24) is 5.32 Å². The molecule has 0 bridgehead atoms. The highest BCUT2D eigenvalue weighted by Crippen LogP contribution is 2.14. The fourth-order valence-corrected chi connectivity index (χ4v) is 1.30. The van der Waals surface area contributed by atoms with Crippen LogP contribution in [0, 0.1) is 12.3 Å². The van der Waals surface area contributed by atoms with Crippen LogP contribution < -0.4 is 10.6 Å². The van der Waals surface area contributed by atoms with E-state index in [-0.39, 0.29) is 19.0 Å². The van der Waals surface area contributed by atoms with Gasteiger partial charge >= 0.3 is 5.97 Å². The first-order valence-corrected chi connectivity index (χ1v) is 5.30. The number of hydrogen-bond acceptors (Lipinski definition) is 4. The van der Waals surface area contributed by atoms with Crippen molar-refractivity contribution < 1.29 is 14.3 Å². The lowest BCUT2D eigenvalue weighted by Gasteiger charge is -2.10. The number of rotatable bonds is 5. The van der Waals surface area contributed by atoms with Gasteiger partial charge in [-0.1, -0.05) is 18.1 Å². The molecule has 0 unspecified atom stereocenters. The van der Waals surface area contributed by atoms with Gasteiger partial charge in [-0.25, -0.2) is 0 Å². The van der Waals surface area contributed by atoms with Gasteiger partial charge < -0.3 is 15.4 Å². The van der Waals surface area contributed by atoms with E-state index in [0.717, 1.165) is 0 Å². The second kappa shape index (κ2) is 6.97. The largest absolute Gasteiger partial charge is 0.468 e. The molecule has 0 heterocycles. The molecule has 0 radical (unpaired) electrons. The minimum Gasteiger partial charge on any atom is -0.468 e. The number of carbonyl (C=O) groups is 2. The Hall–Kier alpha value is -2.48. The maximum absolute atomic E-state index is 11.8. The normalized spacial score (nSPS) is 9.11. The lowest BCUT2D eigenvalue weighted by atomic mass is 10.1. The van der Waals surface area contributed by atoms with Gasteiger partial charge in [0.1, 0.15) is 6.54 Å². The molecule has 1 amide bonds. The van der Waals surface area contributed by atoms with Crippen LogP contribution in [0.1, 0.15) is 10.4 Å². The summed E-state index contributed by atoms with van der Waals surface area (Å²) in [5.74, 6) is 1.62. The van der Waals surface area contributed by atoms with Gasteiger partial charge in [0.05, 0.1) is 19.2 Å². The molecule has 94 valence electrons. The molecule has 0 atom stereocenters. The molecule has 2 N–H and O–H groups in total. The number of hydrogen-bond donors (Lipinski definition) is 2. The summed E-state index contributed by atoms with van der Waals surface area (Å²) in [7, 11) is 1.30. The smallest absolute Gasteiger partial charge is 0.325 e. The van der Waals surface area contributed by atoms with E-state index in [1.165, 1.54) is 7.11 Å². The van der Waals surface area contributed by atoms with E-state index in [2.05, 4.69) is 21.3 Å². The fraction of sp³-hybridized carbons (Fsp3) is 0.231. The van der Waals surface area contributed by atoms with Gasteiger partial charge in [0.25, 0.3) is 5.91 Å². The Morgan fingerprint density at radius 2 is 2.11 bits per heavy atom. The summed E-state index contributed by atoms with van der Waals surface area (Å²) in [4.78, 5) is 22.8. The predicted octanol–water partition coefficient (Wildman–Crippen LogP) is 0.634. The van der Waals surface area contributed by atoms with Crippen LogP contribution in [-0.4, -0.2) is 32.1 Å². The first-order valence-electron chi connectivity index (χ1n) is 5.30. The Balaban J connectivity index is 2.76. The molecule has 0 aliphatic rings. The fourth-order valence-electron chi connectivity index (χ4n) is 1.30. The topological polar surface area (TPSA) is 67.4 Å². The van der Waals surface area contributed by atoms with Crippen LogP contribution in [0.2, 0.25) is 0 Å². The van der Waals surface area contributed by atoms with Gasteiger partial charge in [0, 0.05) is 5.69 Å². The number of carbonyl (C=O) groups excluding carboxylic acids is 2. The third kappa shape index (κ3) is 3.83. The molecule has 1 aromatic rings. The van der Waals surface area contributed by atoms with Gasteiger partial charge in [-0.05, 0) is 12.1 Å². The first kappa shape index (κ1) is 13.6. The number of terminal acetylenes is 1. The van der Waals surface area contributed by atoms with Crippen molar-refractivity contribution in [2.45, 2.75) is 0 Å². The highest BCUT2D eigenvalue weighted by atomic mass is 16.5. The average Bonchev–Trinajstić information content (AvgIpc) is 2.42. The molecule has 5 nitrogen and oxygen atoms in total. The molecular formula is C13H14N2O3. The van der Waals surface area contributed by atoms with Gasteiger partial charge in [0.15, 0.2) is 0 Å². The van der Waals surface area contributed by atoms with Crippen LogP contribution in [0.25, 0.3) is 0 Å². The summed E-state index contributed by atoms with van der Waals surface area (Å²) in [5.41, 5.74) is 0.981. The van der Waals surface area contributed by atoms with Gasteiger partial charge in [0.2, 0.25) is 0 Å². The molecule has 0 aliphatic heterocycles. The maximum Gasteiger partial charge on any atom is 0.325 e. The van der Waals surface area contributed by atoms with E-state index >= 15 is 0 Å². The molecule has 0 saturated carbocycles. The summed E-state index contributed by atoms with van der Waals surface area (Å²) in [6, 6.07) is 6.84. The summed E-state index contributed by atoms with van der Waals surface area (Å²) in [5, 5.41) is 5.39. The predicted molar refractivity (Wildman–Crippen MR) is 68.1 cm³/mol. The number of benzene rings is 1.